The highest BCUT2D eigenvalue weighted by Crippen LogP contribution is 2.21. The summed E-state index contributed by atoms with van der Waals surface area (Å²) >= 11 is 0. The number of nitrogens with zero attached hydrogens (tertiary/aromatic N) is 3. The Bertz CT molecular complexity index is 377. The van der Waals surface area contributed by atoms with Crippen LogP contribution in [0.2, 0.25) is 0 Å². The standard InChI is InChI=1S/C18H36N4O/c1-6-19-18(21-11-14(2)9-15(3)12-21)20-10-16(4)22-7-8-23-13-17(22)5/h14-17H,6-13H2,1-5H3,(H,19,20). The van der Waals surface area contributed by atoms with E-state index in [1.807, 2.05) is 0 Å². The summed E-state index contributed by atoms with van der Waals surface area (Å²) in [7, 11) is 0. The van der Waals surface area contributed by atoms with Crippen LogP contribution in [0.25, 0.3) is 0 Å². The first-order valence-electron chi connectivity index (χ1n) is 9.38. The van der Waals surface area contributed by atoms with Crippen LogP contribution in [0.3, 0.4) is 0 Å². The molecule has 2 heterocycles. The van der Waals surface area contributed by atoms with E-state index in [4.69, 9.17) is 9.73 Å². The van der Waals surface area contributed by atoms with Gasteiger partial charge in [-0.3, -0.25) is 9.89 Å². The van der Waals surface area contributed by atoms with Gasteiger partial charge in [-0.25, -0.2) is 0 Å². The minimum absolute atomic E-state index is 0.460. The van der Waals surface area contributed by atoms with E-state index < -0.39 is 0 Å². The maximum Gasteiger partial charge on any atom is 0.193 e. The molecule has 0 aliphatic carbocycles. The number of guanidine groups is 1. The van der Waals surface area contributed by atoms with Crippen molar-refractivity contribution in [2.24, 2.45) is 16.8 Å². The summed E-state index contributed by atoms with van der Waals surface area (Å²) in [6.07, 6.45) is 1.33. The summed E-state index contributed by atoms with van der Waals surface area (Å²) in [6, 6.07) is 0.953. The zero-order chi connectivity index (χ0) is 16.8. The third-order valence-corrected chi connectivity index (χ3v) is 4.99. The second-order valence-electron chi connectivity index (χ2n) is 7.56. The third-order valence-electron chi connectivity index (χ3n) is 4.99. The van der Waals surface area contributed by atoms with Gasteiger partial charge in [0, 0.05) is 38.3 Å². The van der Waals surface area contributed by atoms with E-state index in [0.29, 0.717) is 12.1 Å². The summed E-state index contributed by atoms with van der Waals surface area (Å²) in [6.45, 7) is 18.1. The molecule has 4 unspecified atom stereocenters. The molecule has 0 aromatic carbocycles. The number of hydrogen-bond acceptors (Lipinski definition) is 3. The molecule has 134 valence electrons. The molecule has 2 saturated heterocycles. The van der Waals surface area contributed by atoms with Gasteiger partial charge in [0.05, 0.1) is 19.8 Å². The Morgan fingerprint density at radius 3 is 2.57 bits per heavy atom. The Morgan fingerprint density at radius 1 is 1.26 bits per heavy atom. The van der Waals surface area contributed by atoms with Gasteiger partial charge in [0.2, 0.25) is 0 Å². The highest BCUT2D eigenvalue weighted by molar-refractivity contribution is 5.80. The van der Waals surface area contributed by atoms with E-state index >= 15 is 0 Å². The van der Waals surface area contributed by atoms with E-state index in [9.17, 15) is 0 Å². The van der Waals surface area contributed by atoms with Crippen LogP contribution in [-0.4, -0.2) is 73.8 Å². The molecule has 0 aromatic heterocycles. The third kappa shape index (κ3) is 5.35. The van der Waals surface area contributed by atoms with Gasteiger partial charge in [-0.2, -0.15) is 0 Å². The van der Waals surface area contributed by atoms with Crippen molar-refractivity contribution in [1.29, 1.82) is 0 Å². The molecule has 5 nitrogen and oxygen atoms in total. The Morgan fingerprint density at radius 2 is 1.96 bits per heavy atom. The Hall–Kier alpha value is -0.810. The summed E-state index contributed by atoms with van der Waals surface area (Å²) in [5.74, 6) is 2.59. The summed E-state index contributed by atoms with van der Waals surface area (Å²) < 4.78 is 5.55. The van der Waals surface area contributed by atoms with Crippen LogP contribution in [0.5, 0.6) is 0 Å². The van der Waals surface area contributed by atoms with Crippen molar-refractivity contribution in [2.45, 2.75) is 53.1 Å². The molecule has 0 bridgehead atoms. The van der Waals surface area contributed by atoms with Gasteiger partial charge in [-0.1, -0.05) is 13.8 Å². The summed E-state index contributed by atoms with van der Waals surface area (Å²) in [5, 5.41) is 3.50. The van der Waals surface area contributed by atoms with E-state index in [1.54, 1.807) is 0 Å². The first-order valence-corrected chi connectivity index (χ1v) is 9.38. The van der Waals surface area contributed by atoms with Crippen LogP contribution in [0, 0.1) is 11.8 Å². The van der Waals surface area contributed by atoms with Crippen molar-refractivity contribution in [3.05, 3.63) is 0 Å². The molecular weight excluding hydrogens is 288 g/mol. The number of rotatable bonds is 4. The second kappa shape index (κ2) is 8.88. The largest absolute Gasteiger partial charge is 0.379 e. The fourth-order valence-electron chi connectivity index (χ4n) is 3.98. The van der Waals surface area contributed by atoms with Crippen molar-refractivity contribution in [1.82, 2.24) is 15.1 Å². The fourth-order valence-corrected chi connectivity index (χ4v) is 3.98. The van der Waals surface area contributed by atoms with Gasteiger partial charge in [0.1, 0.15) is 0 Å². The van der Waals surface area contributed by atoms with Crippen LogP contribution in [0.4, 0.5) is 0 Å². The van der Waals surface area contributed by atoms with Gasteiger partial charge in [0.15, 0.2) is 5.96 Å². The Kier molecular flexibility index (Phi) is 7.15. The van der Waals surface area contributed by atoms with Crippen molar-refractivity contribution in [3.63, 3.8) is 0 Å². The van der Waals surface area contributed by atoms with E-state index in [2.05, 4.69) is 49.7 Å². The first kappa shape index (κ1) is 18.5. The lowest BCUT2D eigenvalue weighted by Crippen LogP contribution is -2.51. The molecule has 1 N–H and O–H groups in total. The van der Waals surface area contributed by atoms with Gasteiger partial charge in [-0.05, 0) is 39.0 Å². The molecule has 0 radical (unpaired) electrons. The Labute approximate surface area is 142 Å². The zero-order valence-electron chi connectivity index (χ0n) is 15.7. The predicted molar refractivity (Wildman–Crippen MR) is 96.9 cm³/mol. The maximum absolute atomic E-state index is 5.55. The second-order valence-corrected chi connectivity index (χ2v) is 7.56. The van der Waals surface area contributed by atoms with Crippen molar-refractivity contribution < 1.29 is 4.74 Å². The molecule has 0 aromatic rings. The minimum Gasteiger partial charge on any atom is -0.379 e. The van der Waals surface area contributed by atoms with Gasteiger partial charge < -0.3 is 15.0 Å². The van der Waals surface area contributed by atoms with Crippen molar-refractivity contribution in [2.75, 3.05) is 45.9 Å². The molecule has 0 spiro atoms. The molecular formula is C18H36N4O. The normalized spacial score (nSPS) is 32.0. The molecule has 0 saturated carbocycles. The lowest BCUT2D eigenvalue weighted by atomic mass is 9.92. The summed E-state index contributed by atoms with van der Waals surface area (Å²) in [4.78, 5) is 9.95. The maximum atomic E-state index is 5.55. The van der Waals surface area contributed by atoms with Crippen molar-refractivity contribution >= 4 is 5.96 Å². The topological polar surface area (TPSA) is 40.1 Å². The van der Waals surface area contributed by atoms with E-state index in [1.165, 1.54) is 6.42 Å². The number of aliphatic imine (C=N–C) groups is 1. The smallest absolute Gasteiger partial charge is 0.193 e. The lowest BCUT2D eigenvalue weighted by Gasteiger charge is -2.39. The molecule has 2 rings (SSSR count). The molecule has 0 amide bonds. The highest BCUT2D eigenvalue weighted by atomic mass is 16.5. The number of hydrogen-bond donors (Lipinski definition) is 1. The number of nitrogens with one attached hydrogen (secondary N) is 1. The molecule has 2 aliphatic heterocycles. The fraction of sp³-hybridized carbons (Fsp3) is 0.944. The van der Waals surface area contributed by atoms with Gasteiger partial charge >= 0.3 is 0 Å². The van der Waals surface area contributed by atoms with Crippen LogP contribution in [0.15, 0.2) is 4.99 Å². The van der Waals surface area contributed by atoms with Gasteiger partial charge in [-0.15, -0.1) is 0 Å². The SMILES string of the molecule is CCNC(=NCC(C)N1CCOCC1C)N1CC(C)CC(C)C1. The number of ether oxygens (including phenoxy) is 1. The van der Waals surface area contributed by atoms with Crippen molar-refractivity contribution in [3.8, 4) is 0 Å². The average molecular weight is 325 g/mol. The van der Waals surface area contributed by atoms with Gasteiger partial charge in [0.25, 0.3) is 0 Å². The monoisotopic (exact) mass is 324 g/mol. The minimum atomic E-state index is 0.460. The highest BCUT2D eigenvalue weighted by Gasteiger charge is 2.26. The average Bonchev–Trinajstić information content (AvgIpc) is 2.50. The van der Waals surface area contributed by atoms with Crippen LogP contribution >= 0.6 is 0 Å². The quantitative estimate of drug-likeness (QED) is 0.635. The van der Waals surface area contributed by atoms with Crippen LogP contribution in [0.1, 0.15) is 41.0 Å². The predicted octanol–water partition coefficient (Wildman–Crippen LogP) is 2.04. The molecule has 2 fully saturated rings. The molecule has 2 aliphatic rings. The van der Waals surface area contributed by atoms with E-state index in [-0.39, 0.29) is 0 Å². The zero-order valence-corrected chi connectivity index (χ0v) is 15.7. The molecule has 23 heavy (non-hydrogen) atoms. The van der Waals surface area contributed by atoms with E-state index in [0.717, 1.165) is 63.7 Å². The Balaban J connectivity index is 1.97. The number of likely N-dealkylation sites (tertiary alicyclic amines) is 1. The lowest BCUT2D eigenvalue weighted by molar-refractivity contribution is -0.0166. The van der Waals surface area contributed by atoms with Crippen LogP contribution < -0.4 is 5.32 Å². The van der Waals surface area contributed by atoms with Crippen LogP contribution in [-0.2, 0) is 4.74 Å². The first-order chi connectivity index (χ1) is 11.0. The number of piperidine rings is 1. The molecule has 5 heteroatoms. The summed E-state index contributed by atoms with van der Waals surface area (Å²) in [5.41, 5.74) is 0. The number of morpholine rings is 1. The molecule has 4 atom stereocenters.